The van der Waals surface area contributed by atoms with E-state index in [1.807, 2.05) is 30.5 Å². The lowest BCUT2D eigenvalue weighted by atomic mass is 10.1. The molecule has 0 bridgehead atoms. The van der Waals surface area contributed by atoms with Crippen molar-refractivity contribution in [2.75, 3.05) is 0 Å². The number of nitrogens with one attached hydrogen (secondary N) is 2. The number of hydrogen-bond donors (Lipinski definition) is 2. The highest BCUT2D eigenvalue weighted by Gasteiger charge is 2.07. The van der Waals surface area contributed by atoms with Crippen LogP contribution in [0.3, 0.4) is 0 Å². The van der Waals surface area contributed by atoms with Crippen molar-refractivity contribution in [1.82, 2.24) is 15.5 Å². The van der Waals surface area contributed by atoms with Crippen molar-refractivity contribution in [1.29, 1.82) is 0 Å². The molecule has 0 aliphatic carbocycles. The van der Waals surface area contributed by atoms with Gasteiger partial charge in [-0.15, -0.1) is 0 Å². The molecule has 0 saturated heterocycles. The fourth-order valence-corrected chi connectivity index (χ4v) is 2.70. The van der Waals surface area contributed by atoms with Crippen molar-refractivity contribution in [3.8, 4) is 11.3 Å². The van der Waals surface area contributed by atoms with E-state index in [9.17, 15) is 0 Å². The Balaban J connectivity index is 1.67. The predicted octanol–water partition coefficient (Wildman–Crippen LogP) is 4.13. The van der Waals surface area contributed by atoms with E-state index in [2.05, 4.69) is 61.8 Å². The van der Waals surface area contributed by atoms with E-state index in [1.165, 1.54) is 11.1 Å². The van der Waals surface area contributed by atoms with Gasteiger partial charge in [0.2, 0.25) is 0 Å². The zero-order chi connectivity index (χ0) is 14.5. The van der Waals surface area contributed by atoms with Crippen LogP contribution in [0.15, 0.2) is 65.3 Å². The molecule has 0 aliphatic rings. The number of hydrogen-bond acceptors (Lipinski definition) is 2. The van der Waals surface area contributed by atoms with Crippen LogP contribution in [-0.2, 0) is 13.1 Å². The molecule has 21 heavy (non-hydrogen) atoms. The minimum absolute atomic E-state index is 0.780. The smallest absolute Gasteiger partial charge is 0.0695 e. The predicted molar refractivity (Wildman–Crippen MR) is 88.7 cm³/mol. The quantitative estimate of drug-likeness (QED) is 0.732. The average molecular weight is 342 g/mol. The van der Waals surface area contributed by atoms with Crippen molar-refractivity contribution in [2.45, 2.75) is 13.1 Å². The Kier molecular flexibility index (Phi) is 4.48. The average Bonchev–Trinajstić information content (AvgIpc) is 2.99. The zero-order valence-corrected chi connectivity index (χ0v) is 13.1. The Morgan fingerprint density at radius 1 is 0.905 bits per heavy atom. The molecule has 3 nitrogen and oxygen atoms in total. The maximum absolute atomic E-state index is 4.17. The molecule has 3 rings (SSSR count). The molecule has 4 heteroatoms. The van der Waals surface area contributed by atoms with E-state index < -0.39 is 0 Å². The van der Waals surface area contributed by atoms with Crippen LogP contribution in [0.5, 0.6) is 0 Å². The molecule has 0 fully saturated rings. The summed E-state index contributed by atoms with van der Waals surface area (Å²) < 4.78 is 1.13. The highest BCUT2D eigenvalue weighted by molar-refractivity contribution is 9.10. The van der Waals surface area contributed by atoms with Gasteiger partial charge in [0.25, 0.3) is 0 Å². The molecule has 106 valence electrons. The first-order valence-corrected chi connectivity index (χ1v) is 7.65. The van der Waals surface area contributed by atoms with Crippen LogP contribution in [0, 0.1) is 0 Å². The molecule has 1 heterocycles. The summed E-state index contributed by atoms with van der Waals surface area (Å²) in [5, 5.41) is 10.7. The maximum atomic E-state index is 4.17. The van der Waals surface area contributed by atoms with Gasteiger partial charge in [0.15, 0.2) is 0 Å². The third-order valence-corrected chi connectivity index (χ3v) is 4.14. The number of nitrogens with zero attached hydrogens (tertiary/aromatic N) is 1. The lowest BCUT2D eigenvalue weighted by Crippen LogP contribution is -2.13. The third kappa shape index (κ3) is 3.40. The topological polar surface area (TPSA) is 40.7 Å². The van der Waals surface area contributed by atoms with Gasteiger partial charge >= 0.3 is 0 Å². The second kappa shape index (κ2) is 6.70. The molecule has 0 amide bonds. The van der Waals surface area contributed by atoms with E-state index in [4.69, 9.17) is 0 Å². The van der Waals surface area contributed by atoms with E-state index >= 15 is 0 Å². The number of halogens is 1. The summed E-state index contributed by atoms with van der Waals surface area (Å²) in [5.41, 5.74) is 4.67. The summed E-state index contributed by atoms with van der Waals surface area (Å²) in [6.45, 7) is 1.60. The summed E-state index contributed by atoms with van der Waals surface area (Å²) in [7, 11) is 0. The van der Waals surface area contributed by atoms with Gasteiger partial charge in [0.1, 0.15) is 0 Å². The van der Waals surface area contributed by atoms with Gasteiger partial charge in [0.05, 0.1) is 11.9 Å². The minimum Gasteiger partial charge on any atom is -0.308 e. The Morgan fingerprint density at radius 3 is 2.43 bits per heavy atom. The second-order valence-electron chi connectivity index (χ2n) is 4.83. The van der Waals surface area contributed by atoms with Crippen LogP contribution >= 0.6 is 15.9 Å². The van der Waals surface area contributed by atoms with E-state index in [0.717, 1.165) is 28.8 Å². The normalized spacial score (nSPS) is 10.7. The van der Waals surface area contributed by atoms with Gasteiger partial charge in [-0.05, 0) is 17.2 Å². The van der Waals surface area contributed by atoms with Gasteiger partial charge in [-0.3, -0.25) is 5.10 Å². The summed E-state index contributed by atoms with van der Waals surface area (Å²) >= 11 is 3.57. The van der Waals surface area contributed by atoms with Crippen LogP contribution in [0.4, 0.5) is 0 Å². The minimum atomic E-state index is 0.780. The van der Waals surface area contributed by atoms with Crippen molar-refractivity contribution in [2.24, 2.45) is 0 Å². The van der Waals surface area contributed by atoms with Crippen LogP contribution in [0.1, 0.15) is 11.1 Å². The molecule has 0 aliphatic heterocycles. The molecule has 1 aromatic heterocycles. The first-order chi connectivity index (χ1) is 10.3. The van der Waals surface area contributed by atoms with Gasteiger partial charge in [0, 0.05) is 23.1 Å². The van der Waals surface area contributed by atoms with Crippen LogP contribution in [0.2, 0.25) is 0 Å². The summed E-state index contributed by atoms with van der Waals surface area (Å²) in [4.78, 5) is 0. The summed E-state index contributed by atoms with van der Waals surface area (Å²) in [5.74, 6) is 0. The van der Waals surface area contributed by atoms with Crippen LogP contribution in [-0.4, -0.2) is 10.2 Å². The molecule has 0 atom stereocenters. The first-order valence-electron chi connectivity index (χ1n) is 6.86. The fourth-order valence-electron chi connectivity index (χ4n) is 2.27. The van der Waals surface area contributed by atoms with E-state index in [-0.39, 0.29) is 0 Å². The Morgan fingerprint density at radius 2 is 1.62 bits per heavy atom. The SMILES string of the molecule is Brc1ccccc1CNCc1cn[nH]c1-c1ccccc1. The molecular formula is C17H16BrN3. The highest BCUT2D eigenvalue weighted by atomic mass is 79.9. The first kappa shape index (κ1) is 14.0. The molecule has 0 spiro atoms. The van der Waals surface area contributed by atoms with E-state index in [1.54, 1.807) is 0 Å². The zero-order valence-electron chi connectivity index (χ0n) is 11.5. The van der Waals surface area contributed by atoms with Crippen molar-refractivity contribution in [3.05, 3.63) is 76.4 Å². The molecule has 0 saturated carbocycles. The van der Waals surface area contributed by atoms with Crippen molar-refractivity contribution < 1.29 is 0 Å². The Bertz CT molecular complexity index is 707. The Hall–Kier alpha value is -1.91. The number of rotatable bonds is 5. The molecule has 2 N–H and O–H groups in total. The van der Waals surface area contributed by atoms with Gasteiger partial charge in [-0.25, -0.2) is 0 Å². The molecule has 3 aromatic rings. The second-order valence-corrected chi connectivity index (χ2v) is 5.69. The molecule has 0 radical (unpaired) electrons. The molecule has 2 aromatic carbocycles. The molecule has 0 unspecified atom stereocenters. The number of aromatic nitrogens is 2. The van der Waals surface area contributed by atoms with Gasteiger partial charge in [-0.2, -0.15) is 5.10 Å². The molecular weight excluding hydrogens is 326 g/mol. The monoisotopic (exact) mass is 341 g/mol. The number of aromatic amines is 1. The highest BCUT2D eigenvalue weighted by Crippen LogP contribution is 2.21. The Labute approximate surface area is 132 Å². The largest absolute Gasteiger partial charge is 0.308 e. The number of H-pyrrole nitrogens is 1. The lowest BCUT2D eigenvalue weighted by molar-refractivity contribution is 0.693. The van der Waals surface area contributed by atoms with Gasteiger partial charge in [-0.1, -0.05) is 64.5 Å². The third-order valence-electron chi connectivity index (χ3n) is 3.37. The summed E-state index contributed by atoms with van der Waals surface area (Å²) in [6.07, 6.45) is 1.88. The summed E-state index contributed by atoms with van der Waals surface area (Å²) in [6, 6.07) is 18.5. The van der Waals surface area contributed by atoms with Crippen molar-refractivity contribution >= 4 is 15.9 Å². The van der Waals surface area contributed by atoms with Gasteiger partial charge < -0.3 is 5.32 Å². The lowest BCUT2D eigenvalue weighted by Gasteiger charge is -2.07. The van der Waals surface area contributed by atoms with Crippen molar-refractivity contribution in [3.63, 3.8) is 0 Å². The number of benzene rings is 2. The maximum Gasteiger partial charge on any atom is 0.0695 e. The standard InChI is InChI=1S/C17H16BrN3/c18-16-9-5-4-8-14(16)10-19-11-15-12-20-21-17(15)13-6-2-1-3-7-13/h1-9,12,19H,10-11H2,(H,20,21). The van der Waals surface area contributed by atoms with E-state index in [0.29, 0.717) is 0 Å². The van der Waals surface area contributed by atoms with Crippen LogP contribution in [0.25, 0.3) is 11.3 Å². The van der Waals surface area contributed by atoms with Crippen LogP contribution < -0.4 is 5.32 Å². The fraction of sp³-hybridized carbons (Fsp3) is 0.118.